The molecule has 0 saturated carbocycles. The van der Waals surface area contributed by atoms with E-state index in [1.54, 1.807) is 35.2 Å². The summed E-state index contributed by atoms with van der Waals surface area (Å²) in [6.07, 6.45) is 0. The lowest BCUT2D eigenvalue weighted by Gasteiger charge is -2.36. The molecule has 2 aromatic carbocycles. The molecule has 1 saturated heterocycles. The first kappa shape index (κ1) is 21.3. The lowest BCUT2D eigenvalue weighted by Crippen LogP contribution is -2.50. The number of carboxylic acids is 1. The van der Waals surface area contributed by atoms with E-state index in [9.17, 15) is 19.7 Å². The van der Waals surface area contributed by atoms with Crippen LogP contribution in [0.1, 0.15) is 9.67 Å². The maximum absolute atomic E-state index is 12.7. The van der Waals surface area contributed by atoms with Gasteiger partial charge >= 0.3 is 12.0 Å². The van der Waals surface area contributed by atoms with Crippen LogP contribution in [-0.2, 0) is 0 Å². The molecule has 0 radical (unpaired) electrons. The van der Waals surface area contributed by atoms with Gasteiger partial charge in [-0.2, -0.15) is 0 Å². The molecule has 9 nitrogen and oxygen atoms in total. The fraction of sp³-hybridized carbons (Fsp3) is 0.182. The van der Waals surface area contributed by atoms with Crippen molar-refractivity contribution < 1.29 is 19.6 Å². The number of carboxylic acid groups (broad SMARTS) is 1. The van der Waals surface area contributed by atoms with Gasteiger partial charge in [0.25, 0.3) is 5.69 Å². The molecule has 4 rings (SSSR count). The largest absolute Gasteiger partial charge is 0.477 e. The molecule has 1 aliphatic heterocycles. The Bertz CT molecular complexity index is 1150. The number of nitro groups is 1. The number of rotatable bonds is 5. The Morgan fingerprint density at radius 3 is 2.34 bits per heavy atom. The van der Waals surface area contributed by atoms with Gasteiger partial charge in [-0.3, -0.25) is 10.1 Å². The first-order valence-corrected chi connectivity index (χ1v) is 10.7. The minimum atomic E-state index is -0.960. The smallest absolute Gasteiger partial charge is 0.345 e. The van der Waals surface area contributed by atoms with Gasteiger partial charge in [0.15, 0.2) is 0 Å². The number of thiophene rings is 1. The number of urea groups is 1. The molecule has 3 aromatic rings. The van der Waals surface area contributed by atoms with Gasteiger partial charge in [0.2, 0.25) is 0 Å². The summed E-state index contributed by atoms with van der Waals surface area (Å²) in [5.41, 5.74) is 2.41. The number of amides is 2. The summed E-state index contributed by atoms with van der Waals surface area (Å²) in [5.74, 6) is -0.960. The van der Waals surface area contributed by atoms with Crippen LogP contribution in [0.25, 0.3) is 10.4 Å². The number of hydrogen-bond acceptors (Lipinski definition) is 6. The summed E-state index contributed by atoms with van der Waals surface area (Å²) in [4.78, 5) is 39.1. The Labute approximate surface area is 187 Å². The molecule has 0 aliphatic carbocycles. The molecule has 1 aliphatic rings. The Kier molecular flexibility index (Phi) is 6.04. The predicted molar refractivity (Wildman–Crippen MR) is 123 cm³/mol. The molecule has 0 spiro atoms. The van der Waals surface area contributed by atoms with Gasteiger partial charge in [-0.15, -0.1) is 11.3 Å². The Morgan fingerprint density at radius 1 is 1.00 bits per heavy atom. The van der Waals surface area contributed by atoms with Gasteiger partial charge in [0.1, 0.15) is 4.88 Å². The molecule has 1 aromatic heterocycles. The highest BCUT2D eigenvalue weighted by Gasteiger charge is 2.22. The lowest BCUT2D eigenvalue weighted by molar-refractivity contribution is -0.384. The van der Waals surface area contributed by atoms with Crippen LogP contribution >= 0.6 is 11.3 Å². The number of nitro benzene ring substituents is 1. The third kappa shape index (κ3) is 4.70. The molecule has 2 N–H and O–H groups in total. The Hall–Kier alpha value is -3.92. The number of carbonyl (C=O) groups excluding carboxylic acids is 1. The molecule has 164 valence electrons. The molecule has 2 amide bonds. The minimum Gasteiger partial charge on any atom is -0.477 e. The molecule has 0 atom stereocenters. The van der Waals surface area contributed by atoms with Crippen LogP contribution in [-0.4, -0.2) is 53.1 Å². The van der Waals surface area contributed by atoms with Crippen molar-refractivity contribution in [2.75, 3.05) is 36.4 Å². The summed E-state index contributed by atoms with van der Waals surface area (Å²) in [5, 5.41) is 22.8. The van der Waals surface area contributed by atoms with Crippen molar-refractivity contribution in [3.05, 3.63) is 75.7 Å². The van der Waals surface area contributed by atoms with E-state index in [0.29, 0.717) is 31.9 Å². The summed E-state index contributed by atoms with van der Waals surface area (Å²) >= 11 is 1.18. The molecule has 32 heavy (non-hydrogen) atoms. The fourth-order valence-electron chi connectivity index (χ4n) is 3.51. The van der Waals surface area contributed by atoms with Crippen LogP contribution in [0.5, 0.6) is 0 Å². The van der Waals surface area contributed by atoms with E-state index in [2.05, 4.69) is 10.2 Å². The maximum atomic E-state index is 12.7. The first-order chi connectivity index (χ1) is 15.4. The third-order valence-electron chi connectivity index (χ3n) is 5.21. The zero-order valence-corrected chi connectivity index (χ0v) is 17.7. The van der Waals surface area contributed by atoms with Crippen molar-refractivity contribution in [2.45, 2.75) is 0 Å². The number of carbonyl (C=O) groups is 2. The Balaban J connectivity index is 1.36. The highest BCUT2D eigenvalue weighted by atomic mass is 32.1. The predicted octanol–water partition coefficient (Wildman–Crippen LogP) is 4.38. The number of anilines is 2. The SMILES string of the molecule is O=C(O)c1ccc(-c2cccc(NC(=O)N3CCN(c4ccc([N+](=O)[O-])cc4)CC3)c2)s1. The van der Waals surface area contributed by atoms with Crippen molar-refractivity contribution in [1.29, 1.82) is 0 Å². The average molecular weight is 452 g/mol. The van der Waals surface area contributed by atoms with E-state index in [4.69, 9.17) is 5.11 Å². The van der Waals surface area contributed by atoms with Gasteiger partial charge in [-0.25, -0.2) is 9.59 Å². The van der Waals surface area contributed by atoms with Gasteiger partial charge < -0.3 is 20.2 Å². The maximum Gasteiger partial charge on any atom is 0.345 e. The molecule has 1 fully saturated rings. The van der Waals surface area contributed by atoms with Crippen molar-refractivity contribution >= 4 is 40.4 Å². The monoisotopic (exact) mass is 452 g/mol. The van der Waals surface area contributed by atoms with E-state index in [0.717, 1.165) is 16.1 Å². The van der Waals surface area contributed by atoms with Crippen LogP contribution in [0, 0.1) is 10.1 Å². The second-order valence-electron chi connectivity index (χ2n) is 7.23. The molecular weight excluding hydrogens is 432 g/mol. The summed E-state index contributed by atoms with van der Waals surface area (Å²) in [6.45, 7) is 2.29. The average Bonchev–Trinajstić information content (AvgIpc) is 3.30. The highest BCUT2D eigenvalue weighted by molar-refractivity contribution is 7.17. The number of nitrogens with one attached hydrogen (secondary N) is 1. The zero-order valence-electron chi connectivity index (χ0n) is 16.9. The van der Waals surface area contributed by atoms with Gasteiger partial charge in [-0.1, -0.05) is 12.1 Å². The van der Waals surface area contributed by atoms with Crippen LogP contribution in [0.15, 0.2) is 60.7 Å². The third-order valence-corrected chi connectivity index (χ3v) is 6.33. The number of benzene rings is 2. The molecule has 2 heterocycles. The lowest BCUT2D eigenvalue weighted by atomic mass is 10.1. The number of non-ortho nitro benzene ring substituents is 1. The fourth-order valence-corrected chi connectivity index (χ4v) is 4.35. The molecular formula is C22H20N4O5S. The van der Waals surface area contributed by atoms with E-state index >= 15 is 0 Å². The standard InChI is InChI=1S/C22H20N4O5S/c27-21(28)20-9-8-19(32-20)15-2-1-3-16(14-15)23-22(29)25-12-10-24(11-13-25)17-4-6-18(7-5-17)26(30)31/h1-9,14H,10-13H2,(H,23,29)(H,27,28). The second-order valence-corrected chi connectivity index (χ2v) is 8.31. The van der Waals surface area contributed by atoms with E-state index in [-0.39, 0.29) is 16.6 Å². The summed E-state index contributed by atoms with van der Waals surface area (Å²) < 4.78 is 0. The number of aromatic carboxylic acids is 1. The van der Waals surface area contributed by atoms with Crippen molar-refractivity contribution in [2.24, 2.45) is 0 Å². The van der Waals surface area contributed by atoms with Gasteiger partial charge in [0, 0.05) is 54.6 Å². The van der Waals surface area contributed by atoms with E-state index in [1.165, 1.54) is 23.5 Å². The van der Waals surface area contributed by atoms with Crippen LogP contribution in [0.2, 0.25) is 0 Å². The van der Waals surface area contributed by atoms with E-state index < -0.39 is 10.9 Å². The number of piperazine rings is 1. The minimum absolute atomic E-state index is 0.0516. The summed E-state index contributed by atoms with van der Waals surface area (Å²) in [7, 11) is 0. The van der Waals surface area contributed by atoms with Crippen molar-refractivity contribution in [1.82, 2.24) is 4.90 Å². The quantitative estimate of drug-likeness (QED) is 0.439. The van der Waals surface area contributed by atoms with Gasteiger partial charge in [0.05, 0.1) is 4.92 Å². The normalized spacial score (nSPS) is 13.6. The van der Waals surface area contributed by atoms with E-state index in [1.807, 2.05) is 18.2 Å². The van der Waals surface area contributed by atoms with Crippen LogP contribution in [0.4, 0.5) is 21.9 Å². The number of nitrogens with zero attached hydrogens (tertiary/aromatic N) is 3. The number of hydrogen-bond donors (Lipinski definition) is 2. The summed E-state index contributed by atoms with van der Waals surface area (Å²) in [6, 6.07) is 16.8. The Morgan fingerprint density at radius 2 is 1.72 bits per heavy atom. The van der Waals surface area contributed by atoms with Crippen molar-refractivity contribution in [3.63, 3.8) is 0 Å². The van der Waals surface area contributed by atoms with Crippen LogP contribution in [0.3, 0.4) is 0 Å². The topological polar surface area (TPSA) is 116 Å². The molecule has 10 heteroatoms. The highest BCUT2D eigenvalue weighted by Crippen LogP contribution is 2.30. The van der Waals surface area contributed by atoms with Gasteiger partial charge in [-0.05, 0) is 42.0 Å². The van der Waals surface area contributed by atoms with Crippen molar-refractivity contribution in [3.8, 4) is 10.4 Å². The second kappa shape index (κ2) is 9.06. The molecule has 0 unspecified atom stereocenters. The van der Waals surface area contributed by atoms with Crippen LogP contribution < -0.4 is 10.2 Å². The molecule has 0 bridgehead atoms. The first-order valence-electron chi connectivity index (χ1n) is 9.89. The zero-order chi connectivity index (χ0) is 22.7.